The van der Waals surface area contributed by atoms with Crippen molar-refractivity contribution in [1.82, 2.24) is 10.9 Å². The summed E-state index contributed by atoms with van der Waals surface area (Å²) in [5.74, 6) is -0.0141. The van der Waals surface area contributed by atoms with Crippen molar-refractivity contribution in [1.29, 1.82) is 0 Å². The summed E-state index contributed by atoms with van der Waals surface area (Å²) >= 11 is 3.35. The molecule has 0 atom stereocenters. The van der Waals surface area contributed by atoms with Gasteiger partial charge < -0.3 is 14.8 Å². The molecule has 0 saturated heterocycles. The number of halogens is 1. The summed E-state index contributed by atoms with van der Waals surface area (Å²) in [6, 6.07) is 12.4. The third-order valence-electron chi connectivity index (χ3n) is 3.87. The molecule has 8 nitrogen and oxygen atoms in total. The predicted octanol–water partition coefficient (Wildman–Crippen LogP) is 3.10. The van der Waals surface area contributed by atoms with E-state index in [2.05, 4.69) is 32.1 Å². The van der Waals surface area contributed by atoms with E-state index in [1.54, 1.807) is 36.4 Å². The fourth-order valence-electron chi connectivity index (χ4n) is 2.41. The molecule has 0 aliphatic heterocycles. The number of ether oxygens (including phenoxy) is 2. The van der Waals surface area contributed by atoms with E-state index in [-0.39, 0.29) is 25.4 Å². The molecule has 3 N–H and O–H groups in total. The van der Waals surface area contributed by atoms with Crippen molar-refractivity contribution in [2.75, 3.05) is 18.5 Å². The van der Waals surface area contributed by atoms with E-state index in [0.29, 0.717) is 23.8 Å². The van der Waals surface area contributed by atoms with E-state index in [1.165, 1.54) is 0 Å². The lowest BCUT2D eigenvalue weighted by Gasteiger charge is -2.11. The molecule has 30 heavy (non-hydrogen) atoms. The molecule has 0 aliphatic carbocycles. The summed E-state index contributed by atoms with van der Waals surface area (Å²) in [6.45, 7) is 4.06. The monoisotopic (exact) mass is 477 g/mol. The normalized spacial score (nSPS) is 10.1. The zero-order chi connectivity index (χ0) is 21.9. The number of benzene rings is 2. The third kappa shape index (κ3) is 8.12. The second-order valence-corrected chi connectivity index (χ2v) is 7.22. The Morgan fingerprint density at radius 2 is 1.57 bits per heavy atom. The number of hydrogen-bond donors (Lipinski definition) is 3. The van der Waals surface area contributed by atoms with E-state index in [4.69, 9.17) is 9.47 Å². The minimum absolute atomic E-state index is 0.0243. The zero-order valence-electron chi connectivity index (χ0n) is 16.8. The van der Waals surface area contributed by atoms with Crippen molar-refractivity contribution in [2.24, 2.45) is 0 Å². The molecule has 0 aromatic heterocycles. The number of anilines is 1. The fourth-order valence-corrected chi connectivity index (χ4v) is 2.88. The highest BCUT2D eigenvalue weighted by Gasteiger charge is 2.10. The molecular formula is C21H24BrN3O5. The number of aryl methyl sites for hydroxylation is 1. The summed E-state index contributed by atoms with van der Waals surface area (Å²) in [4.78, 5) is 35.6. The minimum atomic E-state index is -0.510. The van der Waals surface area contributed by atoms with Gasteiger partial charge in [-0.25, -0.2) is 0 Å². The van der Waals surface area contributed by atoms with Gasteiger partial charge in [0.15, 0.2) is 6.61 Å². The average Bonchev–Trinajstić information content (AvgIpc) is 2.71. The Labute approximate surface area is 183 Å². The van der Waals surface area contributed by atoms with Crippen molar-refractivity contribution in [3.8, 4) is 11.5 Å². The van der Waals surface area contributed by atoms with Crippen LogP contribution in [-0.4, -0.2) is 30.9 Å². The van der Waals surface area contributed by atoms with Crippen molar-refractivity contribution in [3.63, 3.8) is 0 Å². The molecule has 2 aromatic carbocycles. The molecule has 0 radical (unpaired) electrons. The van der Waals surface area contributed by atoms with Crippen LogP contribution in [0.25, 0.3) is 0 Å². The lowest BCUT2D eigenvalue weighted by Crippen LogP contribution is -2.44. The molecule has 0 heterocycles. The number of carbonyl (C=O) groups is 3. The number of hydrazine groups is 1. The van der Waals surface area contributed by atoms with Crippen molar-refractivity contribution in [3.05, 3.63) is 52.5 Å². The van der Waals surface area contributed by atoms with Crippen LogP contribution < -0.4 is 25.6 Å². The topological polar surface area (TPSA) is 106 Å². The molecule has 2 aromatic rings. The van der Waals surface area contributed by atoms with Gasteiger partial charge in [0.05, 0.1) is 6.61 Å². The Morgan fingerprint density at radius 3 is 2.23 bits per heavy atom. The molecule has 9 heteroatoms. The Bertz CT molecular complexity index is 887. The van der Waals surface area contributed by atoms with Crippen LogP contribution in [0.2, 0.25) is 0 Å². The first-order valence-electron chi connectivity index (χ1n) is 9.36. The summed E-state index contributed by atoms with van der Waals surface area (Å²) in [7, 11) is 0. The van der Waals surface area contributed by atoms with E-state index < -0.39 is 11.8 Å². The lowest BCUT2D eigenvalue weighted by molar-refractivity contribution is -0.130. The first-order chi connectivity index (χ1) is 14.4. The second-order valence-electron chi connectivity index (χ2n) is 6.30. The Kier molecular flexibility index (Phi) is 9.14. The summed E-state index contributed by atoms with van der Waals surface area (Å²) in [6.07, 6.45) is -0.0979. The van der Waals surface area contributed by atoms with Gasteiger partial charge in [-0.15, -0.1) is 0 Å². The van der Waals surface area contributed by atoms with Crippen LogP contribution in [0.3, 0.4) is 0 Å². The van der Waals surface area contributed by atoms with Gasteiger partial charge in [0.2, 0.25) is 11.8 Å². The molecule has 0 fully saturated rings. The van der Waals surface area contributed by atoms with Gasteiger partial charge >= 0.3 is 0 Å². The molecule has 0 aliphatic rings. The average molecular weight is 478 g/mol. The van der Waals surface area contributed by atoms with Crippen molar-refractivity contribution >= 4 is 39.3 Å². The molecule has 0 saturated carbocycles. The van der Waals surface area contributed by atoms with Crippen LogP contribution in [0.5, 0.6) is 11.5 Å². The zero-order valence-corrected chi connectivity index (χ0v) is 18.4. The number of nitrogens with one attached hydrogen (secondary N) is 3. The Morgan fingerprint density at radius 1 is 0.900 bits per heavy atom. The van der Waals surface area contributed by atoms with Crippen molar-refractivity contribution in [2.45, 2.75) is 26.7 Å². The highest BCUT2D eigenvalue weighted by Crippen LogP contribution is 2.22. The number of carbonyl (C=O) groups excluding carboxylic acids is 3. The minimum Gasteiger partial charge on any atom is -0.494 e. The Hall–Kier alpha value is -3.07. The molecule has 0 bridgehead atoms. The molecule has 2 rings (SSSR count). The maximum absolute atomic E-state index is 11.9. The standard InChI is InChI=1S/C21H24BrN3O5/c1-3-29-17-7-5-16(6-8-17)23-19(26)10-11-20(27)24-25-21(28)13-30-18-9-4-15(22)12-14(18)2/h4-9,12H,3,10-11,13H2,1-2H3,(H,23,26)(H,24,27)(H,25,28). The lowest BCUT2D eigenvalue weighted by atomic mass is 10.2. The van der Waals surface area contributed by atoms with Gasteiger partial charge in [-0.3, -0.25) is 25.2 Å². The summed E-state index contributed by atoms with van der Waals surface area (Å²) in [5.41, 5.74) is 6.00. The van der Waals surface area contributed by atoms with E-state index >= 15 is 0 Å². The molecular weight excluding hydrogens is 454 g/mol. The summed E-state index contributed by atoms with van der Waals surface area (Å²) < 4.78 is 11.7. The molecule has 160 valence electrons. The van der Waals surface area contributed by atoms with Crippen LogP contribution in [0.15, 0.2) is 46.9 Å². The highest BCUT2D eigenvalue weighted by molar-refractivity contribution is 9.10. The molecule has 0 spiro atoms. The van der Waals surface area contributed by atoms with Crippen LogP contribution in [-0.2, 0) is 14.4 Å². The smallest absolute Gasteiger partial charge is 0.276 e. The highest BCUT2D eigenvalue weighted by atomic mass is 79.9. The van der Waals surface area contributed by atoms with E-state index in [0.717, 1.165) is 10.0 Å². The van der Waals surface area contributed by atoms with Gasteiger partial charge in [-0.05, 0) is 61.9 Å². The van der Waals surface area contributed by atoms with Gasteiger partial charge in [0, 0.05) is 23.0 Å². The van der Waals surface area contributed by atoms with Gasteiger partial charge in [-0.1, -0.05) is 15.9 Å². The predicted molar refractivity (Wildman–Crippen MR) is 116 cm³/mol. The SMILES string of the molecule is CCOc1ccc(NC(=O)CCC(=O)NNC(=O)COc2ccc(Br)cc2C)cc1. The van der Waals surface area contributed by atoms with Crippen LogP contribution in [0, 0.1) is 6.92 Å². The fraction of sp³-hybridized carbons (Fsp3) is 0.286. The van der Waals surface area contributed by atoms with E-state index in [1.807, 2.05) is 19.9 Å². The number of amides is 3. The van der Waals surface area contributed by atoms with Crippen LogP contribution in [0.1, 0.15) is 25.3 Å². The number of hydrogen-bond acceptors (Lipinski definition) is 5. The quantitative estimate of drug-likeness (QED) is 0.481. The first kappa shape index (κ1) is 23.2. The number of rotatable bonds is 9. The van der Waals surface area contributed by atoms with E-state index in [9.17, 15) is 14.4 Å². The van der Waals surface area contributed by atoms with Gasteiger partial charge in [-0.2, -0.15) is 0 Å². The summed E-state index contributed by atoms with van der Waals surface area (Å²) in [5, 5.41) is 2.69. The molecule has 3 amide bonds. The van der Waals surface area contributed by atoms with Crippen LogP contribution >= 0.6 is 15.9 Å². The maximum Gasteiger partial charge on any atom is 0.276 e. The van der Waals surface area contributed by atoms with Gasteiger partial charge in [0.1, 0.15) is 11.5 Å². The molecule has 0 unspecified atom stereocenters. The van der Waals surface area contributed by atoms with Gasteiger partial charge in [0.25, 0.3) is 5.91 Å². The largest absolute Gasteiger partial charge is 0.494 e. The third-order valence-corrected chi connectivity index (χ3v) is 4.36. The Balaban J connectivity index is 1.65. The van der Waals surface area contributed by atoms with Crippen molar-refractivity contribution < 1.29 is 23.9 Å². The first-order valence-corrected chi connectivity index (χ1v) is 10.2. The van der Waals surface area contributed by atoms with Crippen LogP contribution in [0.4, 0.5) is 5.69 Å². The maximum atomic E-state index is 11.9. The second kappa shape index (κ2) is 11.8.